The van der Waals surface area contributed by atoms with Crippen LogP contribution in [-0.2, 0) is 14.3 Å². The molecule has 0 aromatic heterocycles. The third kappa shape index (κ3) is 3.53. The van der Waals surface area contributed by atoms with Crippen LogP contribution in [-0.4, -0.2) is 36.0 Å². The average Bonchev–Trinajstić information content (AvgIpc) is 2.71. The van der Waals surface area contributed by atoms with Crippen LogP contribution in [0.4, 0.5) is 0 Å². The quantitative estimate of drug-likeness (QED) is 0.481. The lowest BCUT2D eigenvalue weighted by molar-refractivity contribution is -0.140. The highest BCUT2D eigenvalue weighted by molar-refractivity contribution is 7.98. The Hall–Kier alpha value is -2.86. The molecule has 0 aliphatic heterocycles. The third-order valence-corrected chi connectivity index (χ3v) is 5.34. The van der Waals surface area contributed by atoms with Crippen molar-refractivity contribution in [2.24, 2.45) is 0 Å². The normalized spacial score (nSPS) is 14.7. The Labute approximate surface area is 161 Å². The minimum atomic E-state index is -0.797. The number of aliphatic hydroxyl groups is 1. The van der Waals surface area contributed by atoms with E-state index in [1.165, 1.54) is 13.2 Å². The second-order valence-electron chi connectivity index (χ2n) is 6.07. The van der Waals surface area contributed by atoms with Gasteiger partial charge in [0, 0.05) is 21.9 Å². The molecule has 2 aromatic rings. The standard InChI is InChI=1S/C21H18O5S/c1-26-17(22)11-16(12-7-9-13(27-2)10-8-12)18-19(23)14-5-3-4-6-15(14)20(24)21(18)25/h3-10,16,23H,11H2,1-2H3. The summed E-state index contributed by atoms with van der Waals surface area (Å²) in [5.74, 6) is -3.06. The summed E-state index contributed by atoms with van der Waals surface area (Å²) in [4.78, 5) is 38.3. The zero-order chi connectivity index (χ0) is 19.6. The number of hydrogen-bond donors (Lipinski definition) is 1. The van der Waals surface area contributed by atoms with Gasteiger partial charge in [0.1, 0.15) is 5.76 Å². The Morgan fingerprint density at radius 3 is 2.26 bits per heavy atom. The first-order chi connectivity index (χ1) is 13.0. The molecule has 1 unspecified atom stereocenters. The summed E-state index contributed by atoms with van der Waals surface area (Å²) in [5, 5.41) is 10.8. The molecule has 0 saturated carbocycles. The molecule has 1 N–H and O–H groups in total. The maximum absolute atomic E-state index is 12.8. The average molecular weight is 382 g/mol. The number of methoxy groups -OCH3 is 1. The SMILES string of the molecule is COC(=O)CC(C1=C(O)c2ccccc2C(=O)C1=O)c1ccc(SC)cc1. The van der Waals surface area contributed by atoms with Gasteiger partial charge in [-0.05, 0) is 24.0 Å². The molecular formula is C21H18O5S. The number of allylic oxidation sites excluding steroid dienone is 1. The van der Waals surface area contributed by atoms with E-state index in [-0.39, 0.29) is 23.3 Å². The van der Waals surface area contributed by atoms with Crippen molar-refractivity contribution in [1.82, 2.24) is 0 Å². The number of ketones is 2. The second kappa shape index (κ2) is 7.80. The van der Waals surface area contributed by atoms with E-state index in [9.17, 15) is 19.5 Å². The van der Waals surface area contributed by atoms with Crippen LogP contribution < -0.4 is 0 Å². The van der Waals surface area contributed by atoms with Gasteiger partial charge in [0.25, 0.3) is 0 Å². The van der Waals surface area contributed by atoms with Gasteiger partial charge in [-0.15, -0.1) is 11.8 Å². The van der Waals surface area contributed by atoms with E-state index in [2.05, 4.69) is 0 Å². The predicted octanol–water partition coefficient (Wildman–Crippen LogP) is 3.79. The van der Waals surface area contributed by atoms with E-state index >= 15 is 0 Å². The first-order valence-corrected chi connectivity index (χ1v) is 9.52. The van der Waals surface area contributed by atoms with Crippen molar-refractivity contribution < 1.29 is 24.2 Å². The maximum Gasteiger partial charge on any atom is 0.306 e. The minimum Gasteiger partial charge on any atom is -0.507 e. The number of aliphatic hydroxyl groups excluding tert-OH is 1. The lowest BCUT2D eigenvalue weighted by Crippen LogP contribution is -2.28. The van der Waals surface area contributed by atoms with Crippen LogP contribution in [0.5, 0.6) is 0 Å². The number of thioether (sulfide) groups is 1. The van der Waals surface area contributed by atoms with Gasteiger partial charge in [0.15, 0.2) is 0 Å². The van der Waals surface area contributed by atoms with E-state index in [0.29, 0.717) is 11.1 Å². The molecule has 6 heteroatoms. The summed E-state index contributed by atoms with van der Waals surface area (Å²) in [7, 11) is 1.26. The molecule has 0 amide bonds. The molecule has 138 valence electrons. The number of fused-ring (bicyclic) bond motifs is 1. The first-order valence-electron chi connectivity index (χ1n) is 8.30. The lowest BCUT2D eigenvalue weighted by Gasteiger charge is -2.24. The Balaban J connectivity index is 2.17. The summed E-state index contributed by atoms with van der Waals surface area (Å²) in [6, 6.07) is 13.7. The van der Waals surface area contributed by atoms with E-state index in [1.54, 1.807) is 42.1 Å². The van der Waals surface area contributed by atoms with Crippen molar-refractivity contribution in [2.45, 2.75) is 17.2 Å². The molecule has 1 aliphatic rings. The number of Topliss-reactive ketones (excluding diaryl/α,β-unsaturated/α-hetero) is 2. The molecule has 2 aromatic carbocycles. The molecule has 1 aliphatic carbocycles. The van der Waals surface area contributed by atoms with Gasteiger partial charge in [-0.3, -0.25) is 14.4 Å². The molecule has 5 nitrogen and oxygen atoms in total. The highest BCUT2D eigenvalue weighted by atomic mass is 32.2. The molecule has 0 spiro atoms. The van der Waals surface area contributed by atoms with Gasteiger partial charge in [-0.1, -0.05) is 36.4 Å². The van der Waals surface area contributed by atoms with Crippen LogP contribution in [0.15, 0.2) is 59.0 Å². The molecule has 0 heterocycles. The van der Waals surface area contributed by atoms with Gasteiger partial charge < -0.3 is 9.84 Å². The Morgan fingerprint density at radius 1 is 1.04 bits per heavy atom. The predicted molar refractivity (Wildman–Crippen MR) is 103 cm³/mol. The number of esters is 1. The fraction of sp³-hybridized carbons (Fsp3) is 0.190. The van der Waals surface area contributed by atoms with E-state index in [0.717, 1.165) is 4.90 Å². The van der Waals surface area contributed by atoms with Crippen molar-refractivity contribution in [1.29, 1.82) is 0 Å². The molecule has 3 rings (SSSR count). The zero-order valence-corrected chi connectivity index (χ0v) is 15.7. The Morgan fingerprint density at radius 2 is 1.67 bits per heavy atom. The monoisotopic (exact) mass is 382 g/mol. The minimum absolute atomic E-state index is 0.0685. The fourth-order valence-electron chi connectivity index (χ4n) is 3.18. The Bertz CT molecular complexity index is 943. The van der Waals surface area contributed by atoms with Crippen LogP contribution in [0, 0.1) is 0 Å². The zero-order valence-electron chi connectivity index (χ0n) is 14.9. The summed E-state index contributed by atoms with van der Waals surface area (Å²) in [6.07, 6.45) is 1.78. The van der Waals surface area contributed by atoms with Gasteiger partial charge in [0.05, 0.1) is 19.1 Å². The number of hydrogen-bond acceptors (Lipinski definition) is 6. The number of carbonyl (C=O) groups excluding carboxylic acids is 3. The van der Waals surface area contributed by atoms with Crippen molar-refractivity contribution in [3.8, 4) is 0 Å². The van der Waals surface area contributed by atoms with Crippen molar-refractivity contribution in [3.05, 3.63) is 70.8 Å². The summed E-state index contributed by atoms with van der Waals surface area (Å²) in [5.41, 5.74) is 1.05. The molecule has 1 atom stereocenters. The number of rotatable bonds is 5. The van der Waals surface area contributed by atoms with Gasteiger partial charge >= 0.3 is 5.97 Å². The van der Waals surface area contributed by atoms with Gasteiger partial charge in [-0.25, -0.2) is 0 Å². The van der Waals surface area contributed by atoms with Gasteiger partial charge in [-0.2, -0.15) is 0 Å². The Kier molecular flexibility index (Phi) is 5.46. The second-order valence-corrected chi connectivity index (χ2v) is 6.95. The summed E-state index contributed by atoms with van der Waals surface area (Å²) < 4.78 is 4.76. The molecule has 0 bridgehead atoms. The third-order valence-electron chi connectivity index (χ3n) is 4.60. The lowest BCUT2D eigenvalue weighted by atomic mass is 9.78. The van der Waals surface area contributed by atoms with E-state index in [1.807, 2.05) is 18.4 Å². The summed E-state index contributed by atoms with van der Waals surface area (Å²) >= 11 is 1.56. The first kappa shape index (κ1) is 18.9. The van der Waals surface area contributed by atoms with E-state index < -0.39 is 23.5 Å². The topological polar surface area (TPSA) is 80.7 Å². The molecule has 27 heavy (non-hydrogen) atoms. The van der Waals surface area contributed by atoms with Crippen LogP contribution in [0.3, 0.4) is 0 Å². The number of carbonyl (C=O) groups is 3. The van der Waals surface area contributed by atoms with Crippen molar-refractivity contribution >= 4 is 35.1 Å². The van der Waals surface area contributed by atoms with Crippen LogP contribution >= 0.6 is 11.8 Å². The highest BCUT2D eigenvalue weighted by Crippen LogP contribution is 2.38. The van der Waals surface area contributed by atoms with Crippen molar-refractivity contribution in [3.63, 3.8) is 0 Å². The maximum atomic E-state index is 12.8. The smallest absolute Gasteiger partial charge is 0.306 e. The molecule has 0 radical (unpaired) electrons. The number of benzene rings is 2. The molecular weight excluding hydrogens is 364 g/mol. The van der Waals surface area contributed by atoms with Crippen LogP contribution in [0.25, 0.3) is 5.76 Å². The summed E-state index contributed by atoms with van der Waals surface area (Å²) in [6.45, 7) is 0. The van der Waals surface area contributed by atoms with E-state index in [4.69, 9.17) is 4.74 Å². The molecule has 0 saturated heterocycles. The van der Waals surface area contributed by atoms with Crippen LogP contribution in [0.2, 0.25) is 0 Å². The van der Waals surface area contributed by atoms with Crippen molar-refractivity contribution in [2.75, 3.05) is 13.4 Å². The number of ether oxygens (including phenoxy) is 1. The largest absolute Gasteiger partial charge is 0.507 e. The highest BCUT2D eigenvalue weighted by Gasteiger charge is 2.38. The van der Waals surface area contributed by atoms with Crippen LogP contribution in [0.1, 0.15) is 33.8 Å². The van der Waals surface area contributed by atoms with Gasteiger partial charge in [0.2, 0.25) is 11.6 Å². The molecule has 0 fully saturated rings. The fourth-order valence-corrected chi connectivity index (χ4v) is 3.59.